The molecular formula is C11H19BrN6. The van der Waals surface area contributed by atoms with Crippen molar-refractivity contribution in [3.8, 4) is 0 Å². The van der Waals surface area contributed by atoms with Crippen LogP contribution in [0.15, 0.2) is 10.7 Å². The van der Waals surface area contributed by atoms with E-state index < -0.39 is 0 Å². The molecule has 0 aromatic carbocycles. The van der Waals surface area contributed by atoms with Gasteiger partial charge in [-0.3, -0.25) is 10.3 Å². The molecule has 1 aromatic rings. The van der Waals surface area contributed by atoms with Crippen LogP contribution >= 0.6 is 15.9 Å². The number of hydrogen-bond donors (Lipinski definition) is 3. The quantitative estimate of drug-likeness (QED) is 0.563. The van der Waals surface area contributed by atoms with Crippen molar-refractivity contribution in [1.29, 1.82) is 0 Å². The van der Waals surface area contributed by atoms with Gasteiger partial charge in [0.15, 0.2) is 0 Å². The van der Waals surface area contributed by atoms with E-state index in [1.807, 2.05) is 0 Å². The molecule has 1 aliphatic heterocycles. The number of nitrogen functional groups attached to an aromatic ring is 1. The predicted molar refractivity (Wildman–Crippen MR) is 76.3 cm³/mol. The molecule has 1 aliphatic rings. The number of nitrogens with one attached hydrogen (secondary N) is 2. The van der Waals surface area contributed by atoms with Gasteiger partial charge in [-0.1, -0.05) is 0 Å². The summed E-state index contributed by atoms with van der Waals surface area (Å²) in [6.45, 7) is 5.49. The van der Waals surface area contributed by atoms with Crippen LogP contribution in [-0.2, 0) is 0 Å². The summed E-state index contributed by atoms with van der Waals surface area (Å²) in [5, 5.41) is 3.33. The third-order valence-corrected chi connectivity index (χ3v) is 3.78. The third-order valence-electron chi connectivity index (χ3n) is 3.20. The zero-order valence-corrected chi connectivity index (χ0v) is 12.1. The average molecular weight is 315 g/mol. The van der Waals surface area contributed by atoms with Crippen LogP contribution in [0, 0.1) is 0 Å². The fourth-order valence-electron chi connectivity index (χ4n) is 2.12. The van der Waals surface area contributed by atoms with Crippen LogP contribution in [0.5, 0.6) is 0 Å². The lowest BCUT2D eigenvalue weighted by Crippen LogP contribution is -2.35. The molecule has 4 N–H and O–H groups in total. The minimum absolute atomic E-state index is 0.412. The summed E-state index contributed by atoms with van der Waals surface area (Å²) in [6.07, 6.45) is 4.30. The van der Waals surface area contributed by atoms with E-state index in [9.17, 15) is 0 Å². The number of likely N-dealkylation sites (tertiary alicyclic amines) is 1. The van der Waals surface area contributed by atoms with Gasteiger partial charge in [-0.25, -0.2) is 10.8 Å². The maximum Gasteiger partial charge on any atom is 0.239 e. The van der Waals surface area contributed by atoms with Crippen molar-refractivity contribution >= 4 is 27.7 Å². The Kier molecular flexibility index (Phi) is 4.73. The summed E-state index contributed by atoms with van der Waals surface area (Å²) in [5.74, 6) is 6.48. The van der Waals surface area contributed by atoms with Gasteiger partial charge >= 0.3 is 0 Å². The Balaban J connectivity index is 1.92. The van der Waals surface area contributed by atoms with Crippen molar-refractivity contribution in [2.24, 2.45) is 5.84 Å². The van der Waals surface area contributed by atoms with Crippen LogP contribution in [0.1, 0.15) is 19.8 Å². The largest absolute Gasteiger partial charge is 0.367 e. The molecule has 0 amide bonds. The fraction of sp³-hybridized carbons (Fsp3) is 0.636. The highest BCUT2D eigenvalue weighted by molar-refractivity contribution is 9.10. The van der Waals surface area contributed by atoms with E-state index in [1.165, 1.54) is 25.9 Å². The molecule has 18 heavy (non-hydrogen) atoms. The fourth-order valence-corrected chi connectivity index (χ4v) is 2.45. The van der Waals surface area contributed by atoms with Crippen molar-refractivity contribution in [2.45, 2.75) is 25.8 Å². The number of hydrazine groups is 1. The number of nitrogens with two attached hydrogens (primary N) is 1. The molecule has 0 aliphatic carbocycles. The SMILES string of the molecule is CC(CNc1nc(NN)ncc1Br)N1CCCC1. The first-order valence-electron chi connectivity index (χ1n) is 6.18. The zero-order valence-electron chi connectivity index (χ0n) is 10.5. The molecule has 2 rings (SSSR count). The number of aromatic nitrogens is 2. The molecule has 0 saturated carbocycles. The number of halogens is 1. The summed E-state index contributed by atoms with van der Waals surface area (Å²) in [7, 11) is 0. The van der Waals surface area contributed by atoms with E-state index in [0.717, 1.165) is 16.8 Å². The molecule has 1 aromatic heterocycles. The van der Waals surface area contributed by atoms with Gasteiger partial charge in [0.1, 0.15) is 5.82 Å². The van der Waals surface area contributed by atoms with Gasteiger partial charge in [-0.2, -0.15) is 4.98 Å². The average Bonchev–Trinajstić information content (AvgIpc) is 2.91. The number of rotatable bonds is 5. The van der Waals surface area contributed by atoms with Crippen LogP contribution in [0.2, 0.25) is 0 Å². The third kappa shape index (κ3) is 3.30. The molecule has 0 spiro atoms. The van der Waals surface area contributed by atoms with Gasteiger partial charge < -0.3 is 5.32 Å². The van der Waals surface area contributed by atoms with Crippen molar-refractivity contribution < 1.29 is 0 Å². The summed E-state index contributed by atoms with van der Waals surface area (Å²) < 4.78 is 0.843. The zero-order chi connectivity index (χ0) is 13.0. The van der Waals surface area contributed by atoms with E-state index in [0.29, 0.717) is 12.0 Å². The topological polar surface area (TPSA) is 79.1 Å². The Labute approximate surface area is 115 Å². The van der Waals surface area contributed by atoms with E-state index in [1.54, 1.807) is 6.20 Å². The highest BCUT2D eigenvalue weighted by Crippen LogP contribution is 2.20. The van der Waals surface area contributed by atoms with Crippen molar-refractivity contribution in [3.05, 3.63) is 10.7 Å². The summed E-state index contributed by atoms with van der Waals surface area (Å²) in [6, 6.07) is 0.503. The smallest absolute Gasteiger partial charge is 0.239 e. The van der Waals surface area contributed by atoms with Gasteiger partial charge in [-0.15, -0.1) is 0 Å². The molecule has 6 nitrogen and oxygen atoms in total. The minimum atomic E-state index is 0.412. The lowest BCUT2D eigenvalue weighted by atomic mass is 10.3. The van der Waals surface area contributed by atoms with Crippen molar-refractivity contribution in [2.75, 3.05) is 30.4 Å². The monoisotopic (exact) mass is 314 g/mol. The van der Waals surface area contributed by atoms with Gasteiger partial charge in [0, 0.05) is 18.8 Å². The Hall–Kier alpha value is -0.920. The van der Waals surface area contributed by atoms with Crippen molar-refractivity contribution in [3.63, 3.8) is 0 Å². The van der Waals surface area contributed by atoms with Gasteiger partial charge in [0.25, 0.3) is 0 Å². The lowest BCUT2D eigenvalue weighted by Gasteiger charge is -2.24. The van der Waals surface area contributed by atoms with Crippen LogP contribution in [0.25, 0.3) is 0 Å². The van der Waals surface area contributed by atoms with Gasteiger partial charge in [-0.05, 0) is 48.8 Å². The molecule has 1 unspecified atom stereocenters. The number of anilines is 2. The Bertz CT molecular complexity index is 393. The number of hydrogen-bond acceptors (Lipinski definition) is 6. The number of nitrogens with zero attached hydrogens (tertiary/aromatic N) is 3. The molecule has 2 heterocycles. The highest BCUT2D eigenvalue weighted by Gasteiger charge is 2.18. The molecule has 1 saturated heterocycles. The first-order chi connectivity index (χ1) is 8.70. The first kappa shape index (κ1) is 13.5. The van der Waals surface area contributed by atoms with Crippen LogP contribution in [0.4, 0.5) is 11.8 Å². The lowest BCUT2D eigenvalue weighted by molar-refractivity contribution is 0.269. The molecule has 0 radical (unpaired) electrons. The van der Waals surface area contributed by atoms with Crippen molar-refractivity contribution in [1.82, 2.24) is 14.9 Å². The van der Waals surface area contributed by atoms with E-state index in [2.05, 4.69) is 48.5 Å². The summed E-state index contributed by atoms with van der Waals surface area (Å²) in [4.78, 5) is 10.8. The molecule has 100 valence electrons. The van der Waals surface area contributed by atoms with E-state index >= 15 is 0 Å². The van der Waals surface area contributed by atoms with E-state index in [-0.39, 0.29) is 0 Å². The maximum atomic E-state index is 5.30. The minimum Gasteiger partial charge on any atom is -0.367 e. The maximum absolute atomic E-state index is 5.30. The second-order valence-electron chi connectivity index (χ2n) is 4.51. The molecular weight excluding hydrogens is 296 g/mol. The molecule has 1 fully saturated rings. The van der Waals surface area contributed by atoms with Crippen LogP contribution < -0.4 is 16.6 Å². The molecule has 1 atom stereocenters. The Morgan fingerprint density at radius 2 is 2.22 bits per heavy atom. The normalized spacial score (nSPS) is 17.7. The Morgan fingerprint density at radius 1 is 1.50 bits per heavy atom. The molecule has 7 heteroatoms. The first-order valence-corrected chi connectivity index (χ1v) is 6.97. The second-order valence-corrected chi connectivity index (χ2v) is 5.36. The van der Waals surface area contributed by atoms with E-state index in [4.69, 9.17) is 5.84 Å². The molecule has 0 bridgehead atoms. The van der Waals surface area contributed by atoms with Crippen LogP contribution in [-0.4, -0.2) is 40.5 Å². The highest BCUT2D eigenvalue weighted by atomic mass is 79.9. The summed E-state index contributed by atoms with van der Waals surface area (Å²) >= 11 is 3.42. The predicted octanol–water partition coefficient (Wildman–Crippen LogP) is 1.42. The summed E-state index contributed by atoms with van der Waals surface area (Å²) in [5.41, 5.74) is 2.44. The van der Waals surface area contributed by atoms with Gasteiger partial charge in [0.2, 0.25) is 5.95 Å². The second kappa shape index (κ2) is 6.31. The van der Waals surface area contributed by atoms with Gasteiger partial charge in [0.05, 0.1) is 4.47 Å². The standard InChI is InChI=1S/C11H19BrN6/c1-8(18-4-2-3-5-18)6-14-10-9(12)7-15-11(16-10)17-13/h7-8H,2-6,13H2,1H3,(H2,14,15,16,17). The Morgan fingerprint density at radius 3 is 2.89 bits per heavy atom. The van der Waals surface area contributed by atoms with Crippen LogP contribution in [0.3, 0.4) is 0 Å².